The van der Waals surface area contributed by atoms with Gasteiger partial charge in [-0.2, -0.15) is 0 Å². The number of likely N-dealkylation sites (tertiary alicyclic amines) is 1. The quantitative estimate of drug-likeness (QED) is 0.603. The van der Waals surface area contributed by atoms with Crippen LogP contribution in [-0.2, 0) is 4.79 Å². The van der Waals surface area contributed by atoms with E-state index >= 15 is 0 Å². The van der Waals surface area contributed by atoms with Crippen LogP contribution < -0.4 is 5.32 Å². The van der Waals surface area contributed by atoms with Gasteiger partial charge < -0.3 is 25.3 Å². The molecule has 1 aliphatic rings. The van der Waals surface area contributed by atoms with Gasteiger partial charge in [0.25, 0.3) is 0 Å². The summed E-state index contributed by atoms with van der Waals surface area (Å²) in [5.41, 5.74) is 0. The van der Waals surface area contributed by atoms with Crippen LogP contribution in [0, 0.1) is 5.92 Å². The fourth-order valence-corrected chi connectivity index (χ4v) is 2.10. The van der Waals surface area contributed by atoms with Crippen molar-refractivity contribution in [3.63, 3.8) is 0 Å². The van der Waals surface area contributed by atoms with Gasteiger partial charge in [0, 0.05) is 27.2 Å². The SMILES string of the molecule is CN(C)C(=O)NCC(=O)N1CCC(C(O)CO)CC1. The van der Waals surface area contributed by atoms with Gasteiger partial charge in [0.15, 0.2) is 0 Å². The number of hydrogen-bond acceptors (Lipinski definition) is 4. The van der Waals surface area contributed by atoms with Gasteiger partial charge >= 0.3 is 6.03 Å². The van der Waals surface area contributed by atoms with Crippen LogP contribution in [0.4, 0.5) is 4.79 Å². The second-order valence-corrected chi connectivity index (χ2v) is 5.02. The van der Waals surface area contributed by atoms with E-state index in [-0.39, 0.29) is 31.0 Å². The molecule has 0 aromatic rings. The Morgan fingerprint density at radius 1 is 1.37 bits per heavy atom. The summed E-state index contributed by atoms with van der Waals surface area (Å²) in [5, 5.41) is 20.9. The second-order valence-electron chi connectivity index (χ2n) is 5.02. The monoisotopic (exact) mass is 273 g/mol. The molecule has 0 radical (unpaired) electrons. The molecular formula is C12H23N3O4. The summed E-state index contributed by atoms with van der Waals surface area (Å²) >= 11 is 0. The highest BCUT2D eigenvalue weighted by atomic mass is 16.3. The summed E-state index contributed by atoms with van der Waals surface area (Å²) in [4.78, 5) is 26.2. The zero-order valence-electron chi connectivity index (χ0n) is 11.5. The summed E-state index contributed by atoms with van der Waals surface area (Å²) in [6, 6.07) is -0.293. The molecule has 7 nitrogen and oxygen atoms in total. The second kappa shape index (κ2) is 7.30. The summed E-state index contributed by atoms with van der Waals surface area (Å²) in [5.74, 6) is -0.0717. The first-order chi connectivity index (χ1) is 8.95. The molecule has 1 unspecified atom stereocenters. The van der Waals surface area contributed by atoms with Crippen molar-refractivity contribution in [3.05, 3.63) is 0 Å². The summed E-state index contributed by atoms with van der Waals surface area (Å²) in [7, 11) is 3.23. The third kappa shape index (κ3) is 4.68. The van der Waals surface area contributed by atoms with Gasteiger partial charge in [0.2, 0.25) is 5.91 Å². The van der Waals surface area contributed by atoms with Crippen molar-refractivity contribution in [1.29, 1.82) is 0 Å². The van der Waals surface area contributed by atoms with E-state index < -0.39 is 6.10 Å². The maximum Gasteiger partial charge on any atom is 0.317 e. The lowest BCUT2D eigenvalue weighted by Gasteiger charge is -2.33. The van der Waals surface area contributed by atoms with E-state index in [1.165, 1.54) is 4.90 Å². The Morgan fingerprint density at radius 3 is 2.42 bits per heavy atom. The first kappa shape index (κ1) is 15.7. The molecule has 1 rings (SSSR count). The molecule has 3 N–H and O–H groups in total. The minimum atomic E-state index is -0.703. The number of carbonyl (C=O) groups excluding carboxylic acids is 2. The van der Waals surface area contributed by atoms with Gasteiger partial charge in [-0.25, -0.2) is 4.79 Å². The van der Waals surface area contributed by atoms with Crippen molar-refractivity contribution in [3.8, 4) is 0 Å². The Labute approximate surface area is 113 Å². The molecule has 3 amide bonds. The number of amides is 3. The highest BCUT2D eigenvalue weighted by molar-refractivity contribution is 5.83. The van der Waals surface area contributed by atoms with Crippen molar-refractivity contribution in [2.24, 2.45) is 5.92 Å². The first-order valence-corrected chi connectivity index (χ1v) is 6.47. The molecule has 1 atom stereocenters. The summed E-state index contributed by atoms with van der Waals surface area (Å²) in [6.07, 6.45) is 0.648. The molecule has 7 heteroatoms. The van der Waals surface area contributed by atoms with Gasteiger partial charge in [-0.05, 0) is 18.8 Å². The smallest absolute Gasteiger partial charge is 0.317 e. The van der Waals surface area contributed by atoms with Crippen LogP contribution in [0.15, 0.2) is 0 Å². The molecule has 19 heavy (non-hydrogen) atoms. The van der Waals surface area contributed by atoms with Crippen LogP contribution >= 0.6 is 0 Å². The molecule has 0 aromatic carbocycles. The number of rotatable bonds is 4. The lowest BCUT2D eigenvalue weighted by Crippen LogP contribution is -2.47. The van der Waals surface area contributed by atoms with Crippen LogP contribution in [0.2, 0.25) is 0 Å². The lowest BCUT2D eigenvalue weighted by atomic mass is 9.91. The largest absolute Gasteiger partial charge is 0.394 e. The van der Waals surface area contributed by atoms with Crippen LogP contribution in [0.5, 0.6) is 0 Å². The number of aliphatic hydroxyl groups excluding tert-OH is 2. The van der Waals surface area contributed by atoms with Gasteiger partial charge in [-0.3, -0.25) is 4.79 Å². The average molecular weight is 273 g/mol. The highest BCUT2D eigenvalue weighted by Gasteiger charge is 2.27. The van der Waals surface area contributed by atoms with Gasteiger partial charge in [-0.15, -0.1) is 0 Å². The van der Waals surface area contributed by atoms with Crippen LogP contribution in [0.3, 0.4) is 0 Å². The van der Waals surface area contributed by atoms with Gasteiger partial charge in [0.05, 0.1) is 19.3 Å². The third-order valence-corrected chi connectivity index (χ3v) is 3.42. The van der Waals surface area contributed by atoms with E-state index in [2.05, 4.69) is 5.32 Å². The van der Waals surface area contributed by atoms with E-state index in [1.54, 1.807) is 19.0 Å². The molecular weight excluding hydrogens is 250 g/mol. The Hall–Kier alpha value is -1.34. The topological polar surface area (TPSA) is 93.1 Å². The summed E-state index contributed by atoms with van der Waals surface area (Å²) in [6.45, 7) is 0.860. The van der Waals surface area contributed by atoms with E-state index in [4.69, 9.17) is 5.11 Å². The maximum atomic E-state index is 11.9. The molecule has 1 fully saturated rings. The van der Waals surface area contributed by atoms with E-state index in [0.717, 1.165) is 0 Å². The lowest BCUT2D eigenvalue weighted by molar-refractivity contribution is -0.132. The summed E-state index contributed by atoms with van der Waals surface area (Å²) < 4.78 is 0. The predicted molar refractivity (Wildman–Crippen MR) is 69.5 cm³/mol. The van der Waals surface area contributed by atoms with E-state index in [0.29, 0.717) is 25.9 Å². The van der Waals surface area contributed by atoms with Crippen LogP contribution in [-0.4, -0.2) is 78.4 Å². The van der Waals surface area contributed by atoms with Crippen molar-refractivity contribution in [2.75, 3.05) is 40.3 Å². The zero-order chi connectivity index (χ0) is 14.4. The van der Waals surface area contributed by atoms with E-state index in [1.807, 2.05) is 0 Å². The Kier molecular flexibility index (Phi) is 6.04. The van der Waals surface area contributed by atoms with Gasteiger partial charge in [-0.1, -0.05) is 0 Å². The fourth-order valence-electron chi connectivity index (χ4n) is 2.10. The van der Waals surface area contributed by atoms with Gasteiger partial charge in [0.1, 0.15) is 0 Å². The predicted octanol–water partition coefficient (Wildman–Crippen LogP) is -1.15. The number of aliphatic hydroxyl groups is 2. The molecule has 0 aromatic heterocycles. The molecule has 1 saturated heterocycles. The Bertz CT molecular complexity index is 314. The molecule has 0 spiro atoms. The number of piperidine rings is 1. The van der Waals surface area contributed by atoms with Crippen molar-refractivity contribution >= 4 is 11.9 Å². The van der Waals surface area contributed by atoms with Crippen LogP contribution in [0.1, 0.15) is 12.8 Å². The molecule has 1 heterocycles. The normalized spacial score (nSPS) is 18.0. The van der Waals surface area contributed by atoms with E-state index in [9.17, 15) is 14.7 Å². The Morgan fingerprint density at radius 2 is 1.95 bits per heavy atom. The molecule has 0 bridgehead atoms. The number of urea groups is 1. The maximum absolute atomic E-state index is 11.9. The van der Waals surface area contributed by atoms with Crippen molar-refractivity contribution in [1.82, 2.24) is 15.1 Å². The average Bonchev–Trinajstić information content (AvgIpc) is 2.43. The van der Waals surface area contributed by atoms with Crippen molar-refractivity contribution < 1.29 is 19.8 Å². The molecule has 110 valence electrons. The van der Waals surface area contributed by atoms with Crippen LogP contribution in [0.25, 0.3) is 0 Å². The number of nitrogens with zero attached hydrogens (tertiary/aromatic N) is 2. The van der Waals surface area contributed by atoms with Crippen molar-refractivity contribution in [2.45, 2.75) is 18.9 Å². The molecule has 0 saturated carbocycles. The standard InChI is InChI=1S/C12H23N3O4/c1-14(2)12(19)13-7-11(18)15-5-3-9(4-6-15)10(17)8-16/h9-10,16-17H,3-8H2,1-2H3,(H,13,19). The number of hydrogen-bond donors (Lipinski definition) is 3. The molecule has 1 aliphatic heterocycles. The minimum Gasteiger partial charge on any atom is -0.394 e. The third-order valence-electron chi connectivity index (χ3n) is 3.42. The zero-order valence-corrected chi connectivity index (χ0v) is 11.5. The minimum absolute atomic E-state index is 0.00969. The number of carbonyl (C=O) groups is 2. The Balaban J connectivity index is 2.31. The molecule has 0 aliphatic carbocycles. The first-order valence-electron chi connectivity index (χ1n) is 6.47. The fraction of sp³-hybridized carbons (Fsp3) is 0.833. The number of nitrogens with one attached hydrogen (secondary N) is 1. The highest BCUT2D eigenvalue weighted by Crippen LogP contribution is 2.20.